The van der Waals surface area contributed by atoms with Gasteiger partial charge in [-0.15, -0.1) is 23.1 Å². The van der Waals surface area contributed by atoms with Crippen LogP contribution in [0.4, 0.5) is 16.4 Å². The highest BCUT2D eigenvalue weighted by atomic mass is 32.2. The summed E-state index contributed by atoms with van der Waals surface area (Å²) in [7, 11) is 1.34. The molecule has 13 heteroatoms. The molecule has 1 unspecified atom stereocenters. The number of thiophene rings is 1. The van der Waals surface area contributed by atoms with Crippen LogP contribution < -0.4 is 16.0 Å². The minimum Gasteiger partial charge on any atom is -0.465 e. The van der Waals surface area contributed by atoms with E-state index in [2.05, 4.69) is 16.0 Å². The van der Waals surface area contributed by atoms with Gasteiger partial charge in [-0.05, 0) is 91.8 Å². The Morgan fingerprint density at radius 2 is 1.70 bits per heavy atom. The summed E-state index contributed by atoms with van der Waals surface area (Å²) in [6, 6.07) is 21.0. The van der Waals surface area contributed by atoms with E-state index < -0.39 is 28.0 Å². The largest absolute Gasteiger partial charge is 0.465 e. The van der Waals surface area contributed by atoms with Crippen LogP contribution in [-0.4, -0.2) is 41.0 Å². The predicted octanol–water partition coefficient (Wildman–Crippen LogP) is 7.63. The molecule has 5 rings (SSSR count). The summed E-state index contributed by atoms with van der Waals surface area (Å²) in [4.78, 5) is 65.3. The topological polar surface area (TPSA) is 157 Å². The Balaban J connectivity index is 1.32. The van der Waals surface area contributed by atoms with Crippen molar-refractivity contribution in [2.75, 3.05) is 17.7 Å². The number of methoxy groups -OCH3 is 1. The maximum atomic E-state index is 13.6. The van der Waals surface area contributed by atoms with E-state index in [4.69, 9.17) is 4.74 Å². The van der Waals surface area contributed by atoms with Gasteiger partial charge in [-0.3, -0.25) is 24.5 Å². The second-order valence-corrected chi connectivity index (χ2v) is 13.9. The van der Waals surface area contributed by atoms with Gasteiger partial charge in [-0.1, -0.05) is 37.6 Å². The standard InChI is InChI=1S/C37H36N4O7S2/c1-3-30(35(44)40-36-32(37(45)48-2)28-15-8-5-9-16-31(28)50-36)49-27-14-10-13-25(22-27)38-34(43)29(39-33(42)24-11-6-4-7-12-24)21-23-17-19-26(20-18-23)41(46)47/h4,6-7,10-14,17-22,30H,3,5,8-9,15-16H2,1-2H3,(H,38,43)(H,39,42)(H,40,44)/b29-21+. The summed E-state index contributed by atoms with van der Waals surface area (Å²) in [6.07, 6.45) is 6.69. The van der Waals surface area contributed by atoms with Crippen molar-refractivity contribution < 1.29 is 28.8 Å². The van der Waals surface area contributed by atoms with E-state index in [0.29, 0.717) is 38.7 Å². The molecule has 1 aliphatic rings. The number of hydrogen-bond acceptors (Lipinski definition) is 9. The van der Waals surface area contributed by atoms with Crippen molar-refractivity contribution in [1.82, 2.24) is 5.32 Å². The highest BCUT2D eigenvalue weighted by molar-refractivity contribution is 8.00. The zero-order valence-corrected chi connectivity index (χ0v) is 29.2. The molecule has 0 aliphatic heterocycles. The molecule has 3 aromatic carbocycles. The lowest BCUT2D eigenvalue weighted by atomic mass is 10.1. The van der Waals surface area contributed by atoms with Crippen molar-refractivity contribution >= 4 is 69.2 Å². The summed E-state index contributed by atoms with van der Waals surface area (Å²) in [5.41, 5.74) is 2.47. The van der Waals surface area contributed by atoms with Crippen LogP contribution in [0, 0.1) is 10.1 Å². The number of ether oxygens (including phenoxy) is 1. The van der Waals surface area contributed by atoms with Gasteiger partial charge >= 0.3 is 5.97 Å². The number of non-ortho nitro benzene ring substituents is 1. The van der Waals surface area contributed by atoms with Crippen molar-refractivity contribution in [3.8, 4) is 0 Å². The zero-order valence-electron chi connectivity index (χ0n) is 27.5. The highest BCUT2D eigenvalue weighted by Crippen LogP contribution is 2.39. The fourth-order valence-electron chi connectivity index (χ4n) is 5.47. The van der Waals surface area contributed by atoms with Crippen LogP contribution in [0.25, 0.3) is 6.08 Å². The van der Waals surface area contributed by atoms with E-state index >= 15 is 0 Å². The monoisotopic (exact) mass is 712 g/mol. The fraction of sp³-hybridized carbons (Fsp3) is 0.243. The number of rotatable bonds is 12. The Morgan fingerprint density at radius 3 is 2.40 bits per heavy atom. The number of carbonyl (C=O) groups is 4. The lowest BCUT2D eigenvalue weighted by Crippen LogP contribution is -2.30. The van der Waals surface area contributed by atoms with Crippen molar-refractivity contribution in [1.29, 1.82) is 0 Å². The fourth-order valence-corrected chi connectivity index (χ4v) is 7.77. The second-order valence-electron chi connectivity index (χ2n) is 11.5. The number of nitrogens with one attached hydrogen (secondary N) is 3. The van der Waals surface area contributed by atoms with E-state index in [0.717, 1.165) is 42.5 Å². The number of amides is 3. The number of nitro benzene ring substituents is 1. The minimum absolute atomic E-state index is 0.0765. The third kappa shape index (κ3) is 9.04. The van der Waals surface area contributed by atoms with E-state index in [9.17, 15) is 29.3 Å². The maximum absolute atomic E-state index is 13.6. The molecule has 11 nitrogen and oxygen atoms in total. The van der Waals surface area contributed by atoms with Crippen LogP contribution in [-0.2, 0) is 27.2 Å². The molecule has 0 saturated carbocycles. The van der Waals surface area contributed by atoms with Crippen LogP contribution in [0.1, 0.15) is 69.3 Å². The Morgan fingerprint density at radius 1 is 0.960 bits per heavy atom. The van der Waals surface area contributed by atoms with E-state index in [-0.39, 0.29) is 17.3 Å². The smallest absolute Gasteiger partial charge is 0.341 e. The van der Waals surface area contributed by atoms with Crippen molar-refractivity contribution in [3.63, 3.8) is 0 Å². The summed E-state index contributed by atoms with van der Waals surface area (Å²) >= 11 is 2.77. The quantitative estimate of drug-likeness (QED) is 0.0338. The first-order valence-electron chi connectivity index (χ1n) is 16.1. The van der Waals surface area contributed by atoms with Gasteiger partial charge in [0, 0.05) is 33.2 Å². The number of benzene rings is 3. The summed E-state index contributed by atoms with van der Waals surface area (Å²) in [5.74, 6) is -1.82. The number of thioether (sulfide) groups is 1. The van der Waals surface area contributed by atoms with Gasteiger partial charge in [0.2, 0.25) is 5.91 Å². The Labute approximate surface area is 297 Å². The summed E-state index contributed by atoms with van der Waals surface area (Å²) < 4.78 is 5.08. The number of anilines is 2. The number of fused-ring (bicyclic) bond motifs is 1. The molecule has 0 saturated heterocycles. The van der Waals surface area contributed by atoms with Crippen LogP contribution in [0.15, 0.2) is 89.5 Å². The van der Waals surface area contributed by atoms with Crippen molar-refractivity contribution in [2.24, 2.45) is 0 Å². The normalized spacial score (nSPS) is 13.3. The minimum atomic E-state index is -0.618. The molecule has 0 fully saturated rings. The molecule has 1 aromatic heterocycles. The van der Waals surface area contributed by atoms with Gasteiger partial charge in [0.15, 0.2) is 0 Å². The van der Waals surface area contributed by atoms with Gasteiger partial charge < -0.3 is 20.7 Å². The molecule has 50 heavy (non-hydrogen) atoms. The van der Waals surface area contributed by atoms with Crippen LogP contribution in [0.3, 0.4) is 0 Å². The lowest BCUT2D eigenvalue weighted by Gasteiger charge is -2.16. The number of aryl methyl sites for hydroxylation is 1. The van der Waals surface area contributed by atoms with E-state index in [1.165, 1.54) is 60.5 Å². The summed E-state index contributed by atoms with van der Waals surface area (Å²) in [6.45, 7) is 1.90. The highest BCUT2D eigenvalue weighted by Gasteiger charge is 2.28. The van der Waals surface area contributed by atoms with Gasteiger partial charge in [-0.25, -0.2) is 4.79 Å². The molecule has 1 heterocycles. The number of nitro groups is 1. The number of carbonyl (C=O) groups excluding carboxylic acids is 4. The van der Waals surface area contributed by atoms with Crippen LogP contribution in [0.2, 0.25) is 0 Å². The van der Waals surface area contributed by atoms with Crippen molar-refractivity contribution in [2.45, 2.75) is 55.6 Å². The van der Waals surface area contributed by atoms with Gasteiger partial charge in [0.1, 0.15) is 10.7 Å². The number of hydrogen-bond donors (Lipinski definition) is 3. The molecule has 0 radical (unpaired) electrons. The first-order chi connectivity index (χ1) is 24.2. The third-order valence-electron chi connectivity index (χ3n) is 8.02. The summed E-state index contributed by atoms with van der Waals surface area (Å²) in [5, 5.41) is 19.6. The molecular formula is C37H36N4O7S2. The Kier molecular flexibility index (Phi) is 12.2. The molecule has 0 spiro atoms. The maximum Gasteiger partial charge on any atom is 0.341 e. The number of nitrogens with zero attached hydrogens (tertiary/aromatic N) is 1. The zero-order chi connectivity index (χ0) is 35.6. The molecule has 0 bridgehead atoms. The molecule has 258 valence electrons. The second kappa shape index (κ2) is 16.9. The molecule has 3 N–H and O–H groups in total. The van der Waals surface area contributed by atoms with Gasteiger partial charge in [-0.2, -0.15) is 0 Å². The molecule has 1 atom stereocenters. The third-order valence-corrected chi connectivity index (χ3v) is 10.6. The Bertz CT molecular complexity index is 1920. The van der Waals surface area contributed by atoms with Gasteiger partial charge in [0.25, 0.3) is 17.5 Å². The van der Waals surface area contributed by atoms with E-state index in [1.807, 2.05) is 13.0 Å². The average Bonchev–Trinajstić information content (AvgIpc) is 3.29. The van der Waals surface area contributed by atoms with E-state index in [1.54, 1.807) is 48.5 Å². The predicted molar refractivity (Wildman–Crippen MR) is 196 cm³/mol. The molecule has 1 aliphatic carbocycles. The molecular weight excluding hydrogens is 677 g/mol. The first kappa shape index (κ1) is 36.0. The molecule has 3 amide bonds. The average molecular weight is 713 g/mol. The lowest BCUT2D eigenvalue weighted by molar-refractivity contribution is -0.384. The molecule has 4 aromatic rings. The SMILES string of the molecule is CCC(Sc1cccc(NC(=O)/C(=C\c2ccc([N+](=O)[O-])cc2)NC(=O)c2ccccc2)c1)C(=O)Nc1sc2c(c1C(=O)OC)CCCCC2. The van der Waals surface area contributed by atoms with Gasteiger partial charge in [0.05, 0.1) is 22.8 Å². The first-order valence-corrected chi connectivity index (χ1v) is 17.8. The van der Waals surface area contributed by atoms with Crippen molar-refractivity contribution in [3.05, 3.63) is 122 Å². The van der Waals surface area contributed by atoms with Crippen LogP contribution in [0.5, 0.6) is 0 Å². The van der Waals surface area contributed by atoms with Crippen LogP contribution >= 0.6 is 23.1 Å². The Hall–Kier alpha value is -5.27. The number of esters is 1.